The lowest BCUT2D eigenvalue weighted by Gasteiger charge is -2.57. The lowest BCUT2D eigenvalue weighted by Crippen LogP contribution is -2.54. The van der Waals surface area contributed by atoms with Crippen LogP contribution in [0.25, 0.3) is 0 Å². The fourth-order valence-corrected chi connectivity index (χ4v) is 7.36. The standard InChI is InChI=1S/C22H28O4/c1-20-8-5-14(23)11-13(20)3-4-15-16(20)6-9-21(2)19(15)17(24)12-22(21)10-7-18(25)26-22/h3-4,11,15-17,19,24H,5-10,12H2,1-2H3. The van der Waals surface area contributed by atoms with Gasteiger partial charge in [0, 0.05) is 30.6 Å². The third kappa shape index (κ3) is 1.89. The van der Waals surface area contributed by atoms with E-state index in [2.05, 4.69) is 26.0 Å². The fourth-order valence-electron chi connectivity index (χ4n) is 7.36. The van der Waals surface area contributed by atoms with Crippen LogP contribution in [0.3, 0.4) is 0 Å². The van der Waals surface area contributed by atoms with E-state index in [1.807, 2.05) is 6.08 Å². The predicted molar refractivity (Wildman–Crippen MR) is 96.1 cm³/mol. The summed E-state index contributed by atoms with van der Waals surface area (Å²) in [6, 6.07) is 0. The van der Waals surface area contributed by atoms with E-state index in [-0.39, 0.29) is 34.4 Å². The van der Waals surface area contributed by atoms with E-state index in [0.29, 0.717) is 25.2 Å². The monoisotopic (exact) mass is 356 g/mol. The van der Waals surface area contributed by atoms with E-state index < -0.39 is 11.7 Å². The molecule has 4 aliphatic carbocycles. The number of allylic oxidation sites excluding steroid dienone is 4. The maximum atomic E-state index is 11.9. The lowest BCUT2D eigenvalue weighted by molar-refractivity contribution is -0.165. The lowest BCUT2D eigenvalue weighted by atomic mass is 9.48. The molecule has 0 aromatic heterocycles. The van der Waals surface area contributed by atoms with Gasteiger partial charge in [-0.1, -0.05) is 26.0 Å². The highest BCUT2D eigenvalue weighted by Crippen LogP contribution is 2.68. The second-order valence-corrected chi connectivity index (χ2v) is 9.75. The Labute approximate surface area is 154 Å². The number of aliphatic hydroxyl groups excluding tert-OH is 1. The molecule has 26 heavy (non-hydrogen) atoms. The number of aliphatic hydroxyl groups is 1. The number of hydrogen-bond acceptors (Lipinski definition) is 4. The number of hydrogen-bond donors (Lipinski definition) is 1. The molecule has 0 aromatic carbocycles. The van der Waals surface area contributed by atoms with Gasteiger partial charge in [-0.25, -0.2) is 0 Å². The van der Waals surface area contributed by atoms with Crippen LogP contribution in [0, 0.1) is 28.6 Å². The van der Waals surface area contributed by atoms with Crippen molar-refractivity contribution in [1.82, 2.24) is 0 Å². The molecule has 7 atom stereocenters. The zero-order valence-corrected chi connectivity index (χ0v) is 15.7. The van der Waals surface area contributed by atoms with Gasteiger partial charge in [0.15, 0.2) is 5.78 Å². The zero-order valence-electron chi connectivity index (χ0n) is 15.7. The zero-order chi connectivity index (χ0) is 18.3. The Morgan fingerprint density at radius 2 is 1.96 bits per heavy atom. The number of ether oxygens (including phenoxy) is 1. The van der Waals surface area contributed by atoms with Gasteiger partial charge in [-0.05, 0) is 54.6 Å². The first-order valence-corrected chi connectivity index (χ1v) is 10.1. The number of rotatable bonds is 0. The third-order valence-corrected chi connectivity index (χ3v) is 8.81. The van der Waals surface area contributed by atoms with E-state index in [1.54, 1.807) is 0 Å². The molecular weight excluding hydrogens is 328 g/mol. The summed E-state index contributed by atoms with van der Waals surface area (Å²) in [4.78, 5) is 23.8. The van der Waals surface area contributed by atoms with Crippen LogP contribution < -0.4 is 0 Å². The first-order chi connectivity index (χ1) is 12.3. The molecule has 1 heterocycles. The summed E-state index contributed by atoms with van der Waals surface area (Å²) in [6.45, 7) is 4.55. The molecule has 0 amide bonds. The second kappa shape index (κ2) is 5.09. The van der Waals surface area contributed by atoms with Gasteiger partial charge in [-0.2, -0.15) is 0 Å². The molecule has 1 N–H and O–H groups in total. The van der Waals surface area contributed by atoms with Gasteiger partial charge in [0.05, 0.1) is 6.10 Å². The van der Waals surface area contributed by atoms with Gasteiger partial charge in [-0.3, -0.25) is 9.59 Å². The normalized spacial score (nSPS) is 52.3. The van der Waals surface area contributed by atoms with Crippen molar-refractivity contribution < 1.29 is 19.4 Å². The molecule has 0 bridgehead atoms. The summed E-state index contributed by atoms with van der Waals surface area (Å²) in [7, 11) is 0. The van der Waals surface area contributed by atoms with E-state index in [9.17, 15) is 14.7 Å². The van der Waals surface area contributed by atoms with Gasteiger partial charge in [0.2, 0.25) is 0 Å². The number of ketones is 1. The number of carbonyl (C=O) groups excluding carboxylic acids is 2. The van der Waals surface area contributed by atoms with Crippen molar-refractivity contribution in [2.45, 2.75) is 70.5 Å². The van der Waals surface area contributed by atoms with Gasteiger partial charge in [-0.15, -0.1) is 0 Å². The Morgan fingerprint density at radius 1 is 1.15 bits per heavy atom. The Hall–Kier alpha value is -1.42. The van der Waals surface area contributed by atoms with Gasteiger partial charge < -0.3 is 9.84 Å². The molecule has 7 unspecified atom stereocenters. The minimum absolute atomic E-state index is 0.0243. The van der Waals surface area contributed by atoms with Crippen LogP contribution >= 0.6 is 0 Å². The van der Waals surface area contributed by atoms with E-state index in [4.69, 9.17) is 4.74 Å². The quantitative estimate of drug-likeness (QED) is 0.676. The van der Waals surface area contributed by atoms with Crippen molar-refractivity contribution in [2.24, 2.45) is 28.6 Å². The van der Waals surface area contributed by atoms with Crippen molar-refractivity contribution in [3.05, 3.63) is 23.8 Å². The first-order valence-electron chi connectivity index (χ1n) is 10.1. The molecule has 1 spiro atoms. The van der Waals surface area contributed by atoms with E-state index >= 15 is 0 Å². The Morgan fingerprint density at radius 3 is 2.69 bits per heavy atom. The Balaban J connectivity index is 1.57. The summed E-state index contributed by atoms with van der Waals surface area (Å²) in [5, 5.41) is 11.1. The van der Waals surface area contributed by atoms with Crippen molar-refractivity contribution in [2.75, 3.05) is 0 Å². The van der Waals surface area contributed by atoms with Crippen LogP contribution in [0.1, 0.15) is 58.8 Å². The molecule has 5 aliphatic rings. The summed E-state index contributed by atoms with van der Waals surface area (Å²) in [5.74, 6) is 0.992. The number of esters is 1. The Bertz CT molecular complexity index is 751. The van der Waals surface area contributed by atoms with E-state index in [0.717, 1.165) is 25.7 Å². The summed E-state index contributed by atoms with van der Waals surface area (Å²) in [6.07, 6.45) is 11.2. The maximum absolute atomic E-state index is 11.9. The predicted octanol–water partition coefficient (Wildman–Crippen LogP) is 3.34. The minimum atomic E-state index is -0.480. The number of carbonyl (C=O) groups is 2. The largest absolute Gasteiger partial charge is 0.458 e. The highest BCUT2D eigenvalue weighted by Gasteiger charge is 2.69. The van der Waals surface area contributed by atoms with Crippen LogP contribution in [-0.2, 0) is 14.3 Å². The number of fused-ring (bicyclic) bond motifs is 6. The van der Waals surface area contributed by atoms with Gasteiger partial charge in [0.1, 0.15) is 5.60 Å². The SMILES string of the molecule is CC12CCC(=O)C=C1C=CC1C2CCC2(C)C1C(O)CC21CCC(=O)O1. The molecule has 1 saturated heterocycles. The second-order valence-electron chi connectivity index (χ2n) is 9.75. The molecule has 1 aliphatic heterocycles. The van der Waals surface area contributed by atoms with E-state index in [1.165, 1.54) is 5.57 Å². The topological polar surface area (TPSA) is 63.6 Å². The molecule has 5 rings (SSSR count). The Kier molecular flexibility index (Phi) is 3.28. The maximum Gasteiger partial charge on any atom is 0.306 e. The highest BCUT2D eigenvalue weighted by molar-refractivity contribution is 5.92. The highest BCUT2D eigenvalue weighted by atomic mass is 16.6. The van der Waals surface area contributed by atoms with Crippen molar-refractivity contribution in [3.8, 4) is 0 Å². The third-order valence-electron chi connectivity index (χ3n) is 8.81. The minimum Gasteiger partial charge on any atom is -0.458 e. The van der Waals surface area contributed by atoms with Crippen LogP contribution in [0.15, 0.2) is 23.8 Å². The van der Waals surface area contributed by atoms with Crippen LogP contribution in [0.5, 0.6) is 0 Å². The van der Waals surface area contributed by atoms with Crippen LogP contribution in [-0.4, -0.2) is 28.6 Å². The van der Waals surface area contributed by atoms with Crippen molar-refractivity contribution in [1.29, 1.82) is 0 Å². The molecular formula is C22H28O4. The van der Waals surface area contributed by atoms with Crippen molar-refractivity contribution >= 4 is 11.8 Å². The molecule has 3 fully saturated rings. The van der Waals surface area contributed by atoms with Crippen LogP contribution in [0.2, 0.25) is 0 Å². The van der Waals surface area contributed by atoms with Gasteiger partial charge in [0.25, 0.3) is 0 Å². The molecule has 0 aromatic rings. The van der Waals surface area contributed by atoms with Crippen LogP contribution in [0.4, 0.5) is 0 Å². The fraction of sp³-hybridized carbons (Fsp3) is 0.727. The smallest absolute Gasteiger partial charge is 0.306 e. The molecule has 0 radical (unpaired) electrons. The molecule has 140 valence electrons. The molecule has 4 heteroatoms. The molecule has 2 saturated carbocycles. The summed E-state index contributed by atoms with van der Waals surface area (Å²) < 4.78 is 5.90. The first kappa shape index (κ1) is 16.7. The van der Waals surface area contributed by atoms with Gasteiger partial charge >= 0.3 is 5.97 Å². The average Bonchev–Trinajstić information content (AvgIpc) is 3.06. The van der Waals surface area contributed by atoms with Crippen molar-refractivity contribution in [3.63, 3.8) is 0 Å². The molecule has 4 nitrogen and oxygen atoms in total. The average molecular weight is 356 g/mol. The summed E-state index contributed by atoms with van der Waals surface area (Å²) in [5.41, 5.74) is 0.558. The summed E-state index contributed by atoms with van der Waals surface area (Å²) >= 11 is 0.